The fourth-order valence-electron chi connectivity index (χ4n) is 1.90. The Balaban J connectivity index is 2.18. The van der Waals surface area contributed by atoms with Crippen LogP contribution in [0.1, 0.15) is 18.1 Å². The van der Waals surface area contributed by atoms with Gasteiger partial charge >= 0.3 is 0 Å². The zero-order valence-electron chi connectivity index (χ0n) is 8.70. The lowest BCUT2D eigenvalue weighted by Crippen LogP contribution is -2.12. The van der Waals surface area contributed by atoms with E-state index in [2.05, 4.69) is 0 Å². The van der Waals surface area contributed by atoms with Gasteiger partial charge in [0.05, 0.1) is 17.6 Å². The number of nitro groups is 1. The van der Waals surface area contributed by atoms with Gasteiger partial charge in [-0.2, -0.15) is 0 Å². The summed E-state index contributed by atoms with van der Waals surface area (Å²) in [6.07, 6.45) is 0.117. The summed E-state index contributed by atoms with van der Waals surface area (Å²) in [5.74, 6) is 0.0435. The lowest BCUT2D eigenvalue weighted by Gasteiger charge is -2.16. The highest BCUT2D eigenvalue weighted by Crippen LogP contribution is 2.30. The van der Waals surface area contributed by atoms with Crippen molar-refractivity contribution in [2.45, 2.75) is 12.5 Å². The molecule has 0 saturated carbocycles. The number of nitrogens with zero attached hydrogens (tertiary/aromatic N) is 1. The SMILES string of the molecule is O=[N+]([O-])c1cccc([C@H](O)[C@@H]2CCOC2)c1. The molecule has 0 spiro atoms. The highest BCUT2D eigenvalue weighted by atomic mass is 16.6. The maximum atomic E-state index is 10.6. The van der Waals surface area contributed by atoms with Crippen LogP contribution >= 0.6 is 0 Å². The monoisotopic (exact) mass is 223 g/mol. The number of nitro benzene ring substituents is 1. The molecule has 5 nitrogen and oxygen atoms in total. The van der Waals surface area contributed by atoms with Gasteiger partial charge in [-0.3, -0.25) is 10.1 Å². The van der Waals surface area contributed by atoms with Crippen molar-refractivity contribution in [2.75, 3.05) is 13.2 Å². The van der Waals surface area contributed by atoms with E-state index in [1.54, 1.807) is 12.1 Å². The molecule has 1 saturated heterocycles. The van der Waals surface area contributed by atoms with Crippen LogP contribution in [0.15, 0.2) is 24.3 Å². The highest BCUT2D eigenvalue weighted by molar-refractivity contribution is 5.35. The molecule has 1 N–H and O–H groups in total. The van der Waals surface area contributed by atoms with Crippen molar-refractivity contribution in [1.29, 1.82) is 0 Å². The minimum atomic E-state index is -0.678. The Morgan fingerprint density at radius 1 is 1.56 bits per heavy atom. The van der Waals surface area contributed by atoms with Gasteiger partial charge in [0.2, 0.25) is 0 Å². The Bertz CT molecular complexity index is 387. The number of hydrogen-bond acceptors (Lipinski definition) is 4. The van der Waals surface area contributed by atoms with E-state index < -0.39 is 11.0 Å². The molecular weight excluding hydrogens is 210 g/mol. The summed E-state index contributed by atoms with van der Waals surface area (Å²) in [6, 6.07) is 6.13. The van der Waals surface area contributed by atoms with E-state index >= 15 is 0 Å². The first-order valence-corrected chi connectivity index (χ1v) is 5.18. The lowest BCUT2D eigenvalue weighted by molar-refractivity contribution is -0.385. The molecule has 0 bridgehead atoms. The third-order valence-electron chi connectivity index (χ3n) is 2.83. The summed E-state index contributed by atoms with van der Waals surface area (Å²) in [6.45, 7) is 1.17. The Labute approximate surface area is 92.8 Å². The van der Waals surface area contributed by atoms with Gasteiger partial charge in [0.25, 0.3) is 5.69 Å². The van der Waals surface area contributed by atoms with E-state index in [1.807, 2.05) is 0 Å². The van der Waals surface area contributed by atoms with Gasteiger partial charge in [-0.25, -0.2) is 0 Å². The number of aliphatic hydroxyl groups is 1. The van der Waals surface area contributed by atoms with E-state index in [9.17, 15) is 15.2 Å². The van der Waals surface area contributed by atoms with E-state index in [-0.39, 0.29) is 11.6 Å². The summed E-state index contributed by atoms with van der Waals surface area (Å²) >= 11 is 0. The van der Waals surface area contributed by atoms with Gasteiger partial charge < -0.3 is 9.84 Å². The third kappa shape index (κ3) is 2.20. The Morgan fingerprint density at radius 2 is 2.38 bits per heavy atom. The van der Waals surface area contributed by atoms with Crippen molar-refractivity contribution in [1.82, 2.24) is 0 Å². The van der Waals surface area contributed by atoms with Crippen LogP contribution in [0.2, 0.25) is 0 Å². The summed E-state index contributed by atoms with van der Waals surface area (Å²) < 4.78 is 5.18. The van der Waals surface area contributed by atoms with Crippen LogP contribution < -0.4 is 0 Å². The van der Waals surface area contributed by atoms with Gasteiger partial charge in [-0.05, 0) is 12.0 Å². The van der Waals surface area contributed by atoms with Crippen LogP contribution in [-0.4, -0.2) is 23.2 Å². The molecular formula is C11H13NO4. The van der Waals surface area contributed by atoms with Crippen LogP contribution in [0.5, 0.6) is 0 Å². The summed E-state index contributed by atoms with van der Waals surface area (Å²) in [5.41, 5.74) is 0.597. The van der Waals surface area contributed by atoms with Gasteiger partial charge in [-0.1, -0.05) is 12.1 Å². The van der Waals surface area contributed by atoms with Gasteiger partial charge in [0.1, 0.15) is 0 Å². The molecule has 86 valence electrons. The molecule has 1 aromatic rings. The molecule has 0 aliphatic carbocycles. The largest absolute Gasteiger partial charge is 0.388 e. The molecule has 1 aliphatic rings. The Hall–Kier alpha value is -1.46. The summed E-state index contributed by atoms with van der Waals surface area (Å²) in [4.78, 5) is 10.1. The molecule has 0 aromatic heterocycles. The molecule has 2 rings (SSSR count). The van der Waals surface area contributed by atoms with E-state index in [1.165, 1.54) is 12.1 Å². The highest BCUT2D eigenvalue weighted by Gasteiger charge is 2.26. The zero-order valence-corrected chi connectivity index (χ0v) is 8.70. The van der Waals surface area contributed by atoms with E-state index in [0.29, 0.717) is 18.8 Å². The summed E-state index contributed by atoms with van der Waals surface area (Å²) in [5, 5.41) is 20.6. The number of rotatable bonds is 3. The smallest absolute Gasteiger partial charge is 0.269 e. The first kappa shape index (κ1) is 11.0. The molecule has 2 atom stereocenters. The van der Waals surface area contributed by atoms with Crippen molar-refractivity contribution >= 4 is 5.69 Å². The molecule has 1 aliphatic heterocycles. The second-order valence-corrected chi connectivity index (χ2v) is 3.92. The van der Waals surface area contributed by atoms with Crippen molar-refractivity contribution in [3.8, 4) is 0 Å². The lowest BCUT2D eigenvalue weighted by atomic mass is 9.95. The number of non-ortho nitro benzene ring substituents is 1. The van der Waals surface area contributed by atoms with Gasteiger partial charge in [0.15, 0.2) is 0 Å². The second kappa shape index (κ2) is 4.59. The van der Waals surface area contributed by atoms with Crippen molar-refractivity contribution in [3.63, 3.8) is 0 Å². The van der Waals surface area contributed by atoms with Crippen LogP contribution in [0.3, 0.4) is 0 Å². The van der Waals surface area contributed by atoms with Crippen LogP contribution in [0, 0.1) is 16.0 Å². The van der Waals surface area contributed by atoms with E-state index in [4.69, 9.17) is 4.74 Å². The average molecular weight is 223 g/mol. The van der Waals surface area contributed by atoms with Crippen LogP contribution in [-0.2, 0) is 4.74 Å². The molecule has 0 amide bonds. The fourth-order valence-corrected chi connectivity index (χ4v) is 1.90. The predicted octanol–water partition coefficient (Wildman–Crippen LogP) is 1.66. The second-order valence-electron chi connectivity index (χ2n) is 3.92. The van der Waals surface area contributed by atoms with Crippen molar-refractivity contribution in [3.05, 3.63) is 39.9 Å². The van der Waals surface area contributed by atoms with Gasteiger partial charge in [-0.15, -0.1) is 0 Å². The summed E-state index contributed by atoms with van der Waals surface area (Å²) in [7, 11) is 0. The Morgan fingerprint density at radius 3 is 3.00 bits per heavy atom. The Kier molecular flexibility index (Phi) is 3.17. The quantitative estimate of drug-likeness (QED) is 0.624. The number of hydrogen-bond donors (Lipinski definition) is 1. The fraction of sp³-hybridized carbons (Fsp3) is 0.455. The maximum absolute atomic E-state index is 10.6. The topological polar surface area (TPSA) is 72.6 Å². The molecule has 1 heterocycles. The predicted molar refractivity (Wildman–Crippen MR) is 57.0 cm³/mol. The van der Waals surface area contributed by atoms with Gasteiger partial charge in [0, 0.05) is 24.7 Å². The molecule has 1 fully saturated rings. The molecule has 5 heteroatoms. The maximum Gasteiger partial charge on any atom is 0.269 e. The first-order chi connectivity index (χ1) is 7.68. The van der Waals surface area contributed by atoms with Crippen LogP contribution in [0.4, 0.5) is 5.69 Å². The minimum Gasteiger partial charge on any atom is -0.388 e. The first-order valence-electron chi connectivity index (χ1n) is 5.18. The molecule has 0 unspecified atom stereocenters. The van der Waals surface area contributed by atoms with Crippen molar-refractivity contribution < 1.29 is 14.8 Å². The third-order valence-corrected chi connectivity index (χ3v) is 2.83. The average Bonchev–Trinajstić information content (AvgIpc) is 2.81. The zero-order chi connectivity index (χ0) is 11.5. The number of ether oxygens (including phenoxy) is 1. The number of aliphatic hydroxyl groups excluding tert-OH is 1. The van der Waals surface area contributed by atoms with E-state index in [0.717, 1.165) is 6.42 Å². The van der Waals surface area contributed by atoms with Crippen LogP contribution in [0.25, 0.3) is 0 Å². The molecule has 1 aromatic carbocycles. The normalized spacial score (nSPS) is 21.9. The number of benzene rings is 1. The molecule has 0 radical (unpaired) electrons. The standard InChI is InChI=1S/C11H13NO4/c13-11(9-4-5-16-7-9)8-2-1-3-10(6-8)12(14)15/h1-3,6,9,11,13H,4-5,7H2/t9-,11+/m1/s1. The minimum absolute atomic E-state index is 0.00969. The molecule has 16 heavy (non-hydrogen) atoms. The van der Waals surface area contributed by atoms with Crippen molar-refractivity contribution in [2.24, 2.45) is 5.92 Å².